The van der Waals surface area contributed by atoms with Crippen molar-refractivity contribution in [3.05, 3.63) is 94.5 Å². The van der Waals surface area contributed by atoms with E-state index in [0.717, 1.165) is 6.07 Å². The molecule has 0 aliphatic heterocycles. The number of amides is 3. The van der Waals surface area contributed by atoms with E-state index in [0.29, 0.717) is 42.8 Å². The number of halogens is 3. The number of primary amides is 1. The van der Waals surface area contributed by atoms with Gasteiger partial charge in [-0.1, -0.05) is 38.1 Å². The van der Waals surface area contributed by atoms with Crippen LogP contribution >= 0.6 is 0 Å². The highest BCUT2D eigenvalue weighted by Gasteiger charge is 2.31. The summed E-state index contributed by atoms with van der Waals surface area (Å²) in [5.74, 6) is -1.70. The Morgan fingerprint density at radius 3 is 1.91 bits per heavy atom. The highest BCUT2D eigenvalue weighted by molar-refractivity contribution is 6.04. The number of ether oxygens (including phenoxy) is 2. The summed E-state index contributed by atoms with van der Waals surface area (Å²) in [6, 6.07) is 15.2. The third-order valence-corrected chi connectivity index (χ3v) is 7.29. The molecule has 10 nitrogen and oxygen atoms in total. The van der Waals surface area contributed by atoms with Gasteiger partial charge in [0.2, 0.25) is 5.91 Å². The molecular formula is C34H41F3N4O6. The Hall–Kier alpha value is -4.62. The SMILES string of the molecule is CCCN(CCC)C(=O)c1cc(C(N)=O)cc(C(=O)N(Cc2cccc(OC)c2)C[C@@H](O)[C@@H](N)Cc2cccc(OC(F)(F)F)c2)c1. The van der Waals surface area contributed by atoms with Gasteiger partial charge in [0.1, 0.15) is 11.5 Å². The molecule has 0 bridgehead atoms. The Bertz CT molecular complexity index is 1530. The summed E-state index contributed by atoms with van der Waals surface area (Å²) < 4.78 is 47.4. The summed E-state index contributed by atoms with van der Waals surface area (Å²) in [5.41, 5.74) is 13.0. The first kappa shape index (κ1) is 36.8. The molecule has 3 rings (SSSR count). The lowest BCUT2D eigenvalue weighted by Crippen LogP contribution is -2.46. The summed E-state index contributed by atoms with van der Waals surface area (Å²) in [6.07, 6.45) is -4.82. The Kier molecular flexibility index (Phi) is 13.2. The van der Waals surface area contributed by atoms with Crippen molar-refractivity contribution in [2.75, 3.05) is 26.7 Å². The third-order valence-electron chi connectivity index (χ3n) is 7.29. The summed E-state index contributed by atoms with van der Waals surface area (Å²) >= 11 is 0. The van der Waals surface area contributed by atoms with Crippen LogP contribution in [-0.2, 0) is 13.0 Å². The van der Waals surface area contributed by atoms with E-state index < -0.39 is 36.1 Å². The second-order valence-corrected chi connectivity index (χ2v) is 11.1. The van der Waals surface area contributed by atoms with Crippen LogP contribution in [0.4, 0.5) is 13.2 Å². The van der Waals surface area contributed by atoms with E-state index >= 15 is 0 Å². The van der Waals surface area contributed by atoms with Crippen molar-refractivity contribution in [1.29, 1.82) is 0 Å². The fourth-order valence-corrected chi connectivity index (χ4v) is 5.09. The first-order chi connectivity index (χ1) is 22.2. The van der Waals surface area contributed by atoms with E-state index in [9.17, 15) is 32.7 Å². The molecule has 0 saturated heterocycles. The van der Waals surface area contributed by atoms with Gasteiger partial charge in [0.05, 0.1) is 13.2 Å². The van der Waals surface area contributed by atoms with Gasteiger partial charge in [-0.2, -0.15) is 0 Å². The number of hydrogen-bond acceptors (Lipinski definition) is 7. The highest BCUT2D eigenvalue weighted by atomic mass is 19.4. The molecule has 0 fully saturated rings. The maximum absolute atomic E-state index is 14.1. The van der Waals surface area contributed by atoms with Crippen molar-refractivity contribution in [1.82, 2.24) is 9.80 Å². The van der Waals surface area contributed by atoms with Crippen LogP contribution in [0.15, 0.2) is 66.7 Å². The number of nitrogens with zero attached hydrogens (tertiary/aromatic N) is 2. The number of hydrogen-bond donors (Lipinski definition) is 3. The Morgan fingerprint density at radius 1 is 0.830 bits per heavy atom. The van der Waals surface area contributed by atoms with Gasteiger partial charge in [0.15, 0.2) is 0 Å². The zero-order valence-electron chi connectivity index (χ0n) is 26.6. The minimum Gasteiger partial charge on any atom is -0.497 e. The van der Waals surface area contributed by atoms with Crippen molar-refractivity contribution < 1.29 is 42.1 Å². The molecule has 254 valence electrons. The monoisotopic (exact) mass is 658 g/mol. The molecular weight excluding hydrogens is 617 g/mol. The molecule has 0 saturated carbocycles. The lowest BCUT2D eigenvalue weighted by atomic mass is 10.00. The number of benzene rings is 3. The first-order valence-corrected chi connectivity index (χ1v) is 15.2. The highest BCUT2D eigenvalue weighted by Crippen LogP contribution is 2.24. The van der Waals surface area contributed by atoms with Gasteiger partial charge in [-0.15, -0.1) is 13.2 Å². The number of nitrogens with two attached hydrogens (primary N) is 2. The Labute approximate surface area is 272 Å². The lowest BCUT2D eigenvalue weighted by Gasteiger charge is -2.29. The molecule has 47 heavy (non-hydrogen) atoms. The van der Waals surface area contributed by atoms with Gasteiger partial charge in [0, 0.05) is 48.9 Å². The normalized spacial score (nSPS) is 12.6. The van der Waals surface area contributed by atoms with E-state index in [1.54, 1.807) is 35.2 Å². The minimum absolute atomic E-state index is 0.00161. The van der Waals surface area contributed by atoms with Crippen LogP contribution in [-0.4, -0.2) is 77.9 Å². The van der Waals surface area contributed by atoms with Crippen LogP contribution in [0.2, 0.25) is 0 Å². The van der Waals surface area contributed by atoms with E-state index in [2.05, 4.69) is 4.74 Å². The zero-order valence-corrected chi connectivity index (χ0v) is 26.6. The van der Waals surface area contributed by atoms with Crippen LogP contribution in [0.5, 0.6) is 11.5 Å². The van der Waals surface area contributed by atoms with Crippen molar-refractivity contribution in [3.63, 3.8) is 0 Å². The molecule has 0 aliphatic carbocycles. The summed E-state index contributed by atoms with van der Waals surface area (Å²) in [6.45, 7) is 4.52. The van der Waals surface area contributed by atoms with Gasteiger partial charge < -0.3 is 35.8 Å². The van der Waals surface area contributed by atoms with E-state index in [4.69, 9.17) is 16.2 Å². The largest absolute Gasteiger partial charge is 0.573 e. The predicted molar refractivity (Wildman–Crippen MR) is 170 cm³/mol. The average Bonchev–Trinajstić information content (AvgIpc) is 3.02. The van der Waals surface area contributed by atoms with Crippen molar-refractivity contribution in [2.45, 2.75) is 58.2 Å². The second-order valence-electron chi connectivity index (χ2n) is 11.1. The number of methoxy groups -OCH3 is 1. The molecule has 2 atom stereocenters. The van der Waals surface area contributed by atoms with Crippen molar-refractivity contribution in [2.24, 2.45) is 11.5 Å². The fraction of sp³-hybridized carbons (Fsp3) is 0.382. The Morgan fingerprint density at radius 2 is 1.36 bits per heavy atom. The molecule has 0 aromatic heterocycles. The standard InChI is InChI=1S/C34H41F3N4O6/c1-4-12-40(13-5-2)32(44)25-17-24(31(39)43)18-26(19-25)33(45)41(20-23-9-7-10-27(15-23)46-3)21-30(42)29(38)16-22-8-6-11-28(14-22)47-34(35,36)37/h6-11,14-15,17-19,29-30,42H,4-5,12-13,16,20-21,38H2,1-3H3,(H2,39,43)/t29-,30+/m0/s1. The molecule has 3 aromatic rings. The zero-order chi connectivity index (χ0) is 34.7. The third kappa shape index (κ3) is 11.0. The van der Waals surface area contributed by atoms with Gasteiger partial charge in [-0.25, -0.2) is 0 Å². The molecule has 0 heterocycles. The summed E-state index contributed by atoms with van der Waals surface area (Å²) in [4.78, 5) is 42.8. The van der Waals surface area contributed by atoms with Gasteiger partial charge >= 0.3 is 6.36 Å². The van der Waals surface area contributed by atoms with E-state index in [-0.39, 0.29) is 42.1 Å². The molecule has 3 amide bonds. The molecule has 13 heteroatoms. The Balaban J connectivity index is 1.95. The molecule has 3 aromatic carbocycles. The predicted octanol–water partition coefficient (Wildman–Crippen LogP) is 4.53. The van der Waals surface area contributed by atoms with Gasteiger partial charge in [-0.05, 0) is 72.9 Å². The maximum Gasteiger partial charge on any atom is 0.573 e. The first-order valence-electron chi connectivity index (χ1n) is 15.2. The molecule has 0 radical (unpaired) electrons. The quantitative estimate of drug-likeness (QED) is 0.205. The second kappa shape index (κ2) is 16.8. The molecule has 0 spiro atoms. The van der Waals surface area contributed by atoms with Gasteiger partial charge in [-0.3, -0.25) is 14.4 Å². The topological polar surface area (TPSA) is 148 Å². The van der Waals surface area contributed by atoms with E-state index in [1.165, 1.54) is 42.3 Å². The van der Waals surface area contributed by atoms with Crippen LogP contribution < -0.4 is 20.9 Å². The number of carbonyl (C=O) groups is 3. The van der Waals surface area contributed by atoms with Crippen LogP contribution in [0.3, 0.4) is 0 Å². The van der Waals surface area contributed by atoms with Crippen molar-refractivity contribution >= 4 is 17.7 Å². The minimum atomic E-state index is -4.87. The number of carbonyl (C=O) groups excluding carboxylic acids is 3. The van der Waals surface area contributed by atoms with E-state index in [1.807, 2.05) is 13.8 Å². The average molecular weight is 659 g/mol. The smallest absolute Gasteiger partial charge is 0.497 e. The van der Waals surface area contributed by atoms with Crippen LogP contribution in [0.1, 0.15) is 68.9 Å². The maximum atomic E-state index is 14.1. The summed E-state index contributed by atoms with van der Waals surface area (Å²) in [7, 11) is 1.49. The number of rotatable bonds is 16. The fourth-order valence-electron chi connectivity index (χ4n) is 5.09. The number of aliphatic hydroxyl groups is 1. The van der Waals surface area contributed by atoms with Crippen molar-refractivity contribution in [3.8, 4) is 11.5 Å². The molecule has 0 unspecified atom stereocenters. The van der Waals surface area contributed by atoms with Crippen LogP contribution in [0, 0.1) is 0 Å². The molecule has 0 aliphatic rings. The van der Waals surface area contributed by atoms with Gasteiger partial charge in [0.25, 0.3) is 11.8 Å². The van der Waals surface area contributed by atoms with Crippen LogP contribution in [0.25, 0.3) is 0 Å². The molecule has 5 N–H and O–H groups in total. The number of alkyl halides is 3. The lowest BCUT2D eigenvalue weighted by molar-refractivity contribution is -0.274. The summed E-state index contributed by atoms with van der Waals surface area (Å²) in [5, 5.41) is 11.2. The number of aliphatic hydroxyl groups excluding tert-OH is 1.